The zero-order valence-electron chi connectivity index (χ0n) is 21.8. The summed E-state index contributed by atoms with van der Waals surface area (Å²) in [6.45, 7) is 2.79. The molecular weight excluding hydrogens is 538 g/mol. The Morgan fingerprint density at radius 1 is 0.872 bits per heavy atom. The Hall–Kier alpha value is -3.41. The third kappa shape index (κ3) is 7.17. The van der Waals surface area contributed by atoms with E-state index in [1.54, 1.807) is 48.5 Å². The number of ether oxygens (including phenoxy) is 1. The quantitative estimate of drug-likeness (QED) is 0.352. The molecule has 39 heavy (non-hydrogen) atoms. The van der Waals surface area contributed by atoms with Gasteiger partial charge in [-0.15, -0.1) is 0 Å². The van der Waals surface area contributed by atoms with E-state index in [0.29, 0.717) is 24.5 Å². The van der Waals surface area contributed by atoms with Gasteiger partial charge in [-0.1, -0.05) is 36.8 Å². The average Bonchev–Trinajstić information content (AvgIpc) is 2.95. The van der Waals surface area contributed by atoms with Crippen LogP contribution in [-0.2, 0) is 24.8 Å². The van der Waals surface area contributed by atoms with Gasteiger partial charge < -0.3 is 10.1 Å². The molecule has 0 unspecified atom stereocenters. The summed E-state index contributed by atoms with van der Waals surface area (Å²) in [4.78, 5) is 13.1. The number of nitrogens with zero attached hydrogens (tertiary/aromatic N) is 2. The predicted molar refractivity (Wildman–Crippen MR) is 150 cm³/mol. The van der Waals surface area contributed by atoms with E-state index < -0.39 is 32.5 Å². The fraction of sp³-hybridized carbons (Fsp3) is 0.321. The molecule has 1 heterocycles. The summed E-state index contributed by atoms with van der Waals surface area (Å²) >= 11 is 0. The SMILES string of the molecule is Cc1cccc(N(CC(=O)NCCOc2ccc(S(=O)(=O)N3CCCCC3)cc2)S(=O)(=O)c2ccccc2)c1. The highest BCUT2D eigenvalue weighted by Gasteiger charge is 2.27. The van der Waals surface area contributed by atoms with E-state index in [2.05, 4.69) is 5.32 Å². The summed E-state index contributed by atoms with van der Waals surface area (Å²) in [7, 11) is -7.49. The number of amides is 1. The lowest BCUT2D eigenvalue weighted by Gasteiger charge is -2.25. The molecule has 1 aliphatic heterocycles. The Morgan fingerprint density at radius 2 is 1.56 bits per heavy atom. The number of aryl methyl sites for hydroxylation is 1. The molecule has 0 saturated carbocycles. The van der Waals surface area contributed by atoms with E-state index in [1.165, 1.54) is 28.6 Å². The number of sulfonamides is 2. The van der Waals surface area contributed by atoms with Crippen molar-refractivity contribution < 1.29 is 26.4 Å². The number of hydrogen-bond acceptors (Lipinski definition) is 6. The van der Waals surface area contributed by atoms with Crippen molar-refractivity contribution in [1.82, 2.24) is 9.62 Å². The lowest BCUT2D eigenvalue weighted by Crippen LogP contribution is -2.42. The van der Waals surface area contributed by atoms with Gasteiger partial charge in [0.05, 0.1) is 22.0 Å². The lowest BCUT2D eigenvalue weighted by atomic mass is 10.2. The summed E-state index contributed by atoms with van der Waals surface area (Å²) in [5, 5.41) is 2.70. The molecule has 9 nitrogen and oxygen atoms in total. The van der Waals surface area contributed by atoms with Crippen LogP contribution in [0.5, 0.6) is 5.75 Å². The first kappa shape index (κ1) is 28.6. The average molecular weight is 572 g/mol. The first-order valence-electron chi connectivity index (χ1n) is 12.8. The Kier molecular flexibility index (Phi) is 9.26. The first-order chi connectivity index (χ1) is 18.7. The summed E-state index contributed by atoms with van der Waals surface area (Å²) in [5.41, 5.74) is 1.26. The number of carbonyl (C=O) groups is 1. The summed E-state index contributed by atoms with van der Waals surface area (Å²) in [6, 6.07) is 21.2. The molecule has 0 aliphatic carbocycles. The fourth-order valence-corrected chi connectivity index (χ4v) is 7.28. The largest absolute Gasteiger partial charge is 0.492 e. The van der Waals surface area contributed by atoms with Crippen molar-refractivity contribution in [2.75, 3.05) is 37.1 Å². The predicted octanol–water partition coefficient (Wildman–Crippen LogP) is 3.56. The maximum absolute atomic E-state index is 13.4. The van der Waals surface area contributed by atoms with Gasteiger partial charge in [-0.2, -0.15) is 4.31 Å². The van der Waals surface area contributed by atoms with Crippen LogP contribution in [0.2, 0.25) is 0 Å². The second-order valence-corrected chi connectivity index (χ2v) is 13.1. The lowest BCUT2D eigenvalue weighted by molar-refractivity contribution is -0.119. The van der Waals surface area contributed by atoms with E-state index >= 15 is 0 Å². The van der Waals surface area contributed by atoms with Gasteiger partial charge in [0.2, 0.25) is 15.9 Å². The zero-order valence-corrected chi connectivity index (χ0v) is 23.5. The highest BCUT2D eigenvalue weighted by molar-refractivity contribution is 7.92. The van der Waals surface area contributed by atoms with Gasteiger partial charge in [0.15, 0.2) is 0 Å². The third-order valence-electron chi connectivity index (χ3n) is 6.38. The fourth-order valence-electron chi connectivity index (χ4n) is 4.33. The molecule has 1 saturated heterocycles. The molecule has 0 aromatic heterocycles. The van der Waals surface area contributed by atoms with Crippen LogP contribution in [0.3, 0.4) is 0 Å². The summed E-state index contributed by atoms with van der Waals surface area (Å²) in [5.74, 6) is -0.0162. The molecule has 0 bridgehead atoms. The normalized spacial score (nSPS) is 14.5. The smallest absolute Gasteiger partial charge is 0.264 e. The second kappa shape index (κ2) is 12.6. The summed E-state index contributed by atoms with van der Waals surface area (Å²) < 4.78 is 60.6. The highest BCUT2D eigenvalue weighted by Crippen LogP contribution is 2.25. The molecule has 4 rings (SSSR count). The molecule has 1 amide bonds. The Bertz CT molecular complexity index is 1470. The van der Waals surface area contributed by atoms with Gasteiger partial charge in [-0.05, 0) is 73.9 Å². The molecular formula is C28H33N3O6S2. The van der Waals surface area contributed by atoms with E-state index in [9.17, 15) is 21.6 Å². The van der Waals surface area contributed by atoms with Crippen molar-refractivity contribution in [2.45, 2.75) is 36.0 Å². The zero-order chi connectivity index (χ0) is 27.9. The minimum Gasteiger partial charge on any atom is -0.492 e. The molecule has 11 heteroatoms. The molecule has 1 aliphatic rings. The molecule has 3 aromatic carbocycles. The van der Waals surface area contributed by atoms with Crippen LogP contribution >= 0.6 is 0 Å². The van der Waals surface area contributed by atoms with Crippen LogP contribution in [-0.4, -0.2) is 59.8 Å². The van der Waals surface area contributed by atoms with Crippen LogP contribution < -0.4 is 14.4 Å². The van der Waals surface area contributed by atoms with Crippen LogP contribution in [0, 0.1) is 6.92 Å². The number of piperidine rings is 1. The minimum absolute atomic E-state index is 0.0911. The van der Waals surface area contributed by atoms with Gasteiger partial charge in [-0.25, -0.2) is 16.8 Å². The maximum Gasteiger partial charge on any atom is 0.264 e. The van der Waals surface area contributed by atoms with Crippen molar-refractivity contribution in [3.63, 3.8) is 0 Å². The number of anilines is 1. The van der Waals surface area contributed by atoms with Crippen LogP contribution in [0.15, 0.2) is 88.7 Å². The van der Waals surface area contributed by atoms with Gasteiger partial charge in [-0.3, -0.25) is 9.10 Å². The van der Waals surface area contributed by atoms with E-state index in [0.717, 1.165) is 29.1 Å². The van der Waals surface area contributed by atoms with Crippen LogP contribution in [0.4, 0.5) is 5.69 Å². The third-order valence-corrected chi connectivity index (χ3v) is 10.1. The topological polar surface area (TPSA) is 113 Å². The molecule has 208 valence electrons. The number of carbonyl (C=O) groups excluding carboxylic acids is 1. The van der Waals surface area contributed by atoms with Gasteiger partial charge in [0.25, 0.3) is 10.0 Å². The Labute approximate surface area is 230 Å². The monoisotopic (exact) mass is 571 g/mol. The van der Waals surface area contributed by atoms with Crippen LogP contribution in [0.25, 0.3) is 0 Å². The van der Waals surface area contributed by atoms with Gasteiger partial charge in [0, 0.05) is 13.1 Å². The molecule has 0 atom stereocenters. The van der Waals surface area contributed by atoms with Crippen molar-refractivity contribution in [3.05, 3.63) is 84.4 Å². The van der Waals surface area contributed by atoms with E-state index in [-0.39, 0.29) is 22.9 Å². The number of rotatable bonds is 11. The molecule has 0 radical (unpaired) electrons. The molecule has 0 spiro atoms. The number of benzene rings is 3. The van der Waals surface area contributed by atoms with Gasteiger partial charge >= 0.3 is 0 Å². The van der Waals surface area contributed by atoms with Crippen molar-refractivity contribution in [1.29, 1.82) is 0 Å². The highest BCUT2D eigenvalue weighted by atomic mass is 32.2. The van der Waals surface area contributed by atoms with E-state index in [4.69, 9.17) is 4.74 Å². The maximum atomic E-state index is 13.4. The van der Waals surface area contributed by atoms with Crippen LogP contribution in [0.1, 0.15) is 24.8 Å². The Balaban J connectivity index is 1.34. The number of nitrogens with one attached hydrogen (secondary N) is 1. The van der Waals surface area contributed by atoms with Gasteiger partial charge in [0.1, 0.15) is 18.9 Å². The molecule has 3 aromatic rings. The van der Waals surface area contributed by atoms with Crippen molar-refractivity contribution in [2.24, 2.45) is 0 Å². The van der Waals surface area contributed by atoms with Crippen molar-refractivity contribution in [3.8, 4) is 5.75 Å². The standard InChI is InChI=1S/C28H33N3O6S2/c1-23-9-8-10-24(21-23)31(39(35,36)26-11-4-2-5-12-26)22-28(32)29-17-20-37-25-13-15-27(16-14-25)38(33,34)30-18-6-3-7-19-30/h2,4-5,8-16,21H,3,6-7,17-20,22H2,1H3,(H,29,32). The molecule has 1 fully saturated rings. The van der Waals surface area contributed by atoms with E-state index in [1.807, 2.05) is 13.0 Å². The number of hydrogen-bond donors (Lipinski definition) is 1. The minimum atomic E-state index is -3.98. The summed E-state index contributed by atoms with van der Waals surface area (Å²) in [6.07, 6.45) is 2.78. The second-order valence-electron chi connectivity index (χ2n) is 9.30. The Morgan fingerprint density at radius 3 is 2.23 bits per heavy atom. The molecule has 1 N–H and O–H groups in total. The first-order valence-corrected chi connectivity index (χ1v) is 15.7. The van der Waals surface area contributed by atoms with Crippen molar-refractivity contribution >= 4 is 31.6 Å².